The molecule has 0 aliphatic carbocycles. The predicted octanol–water partition coefficient (Wildman–Crippen LogP) is 3.26. The van der Waals surface area contributed by atoms with Crippen LogP contribution in [-0.2, 0) is 13.0 Å². The number of aromatic nitrogens is 3. The summed E-state index contributed by atoms with van der Waals surface area (Å²) in [5.41, 5.74) is 2.25. The Balaban J connectivity index is 2.23. The fourth-order valence-corrected chi connectivity index (χ4v) is 2.93. The Labute approximate surface area is 143 Å². The molecule has 0 saturated heterocycles. The third-order valence-corrected chi connectivity index (χ3v) is 4.04. The van der Waals surface area contributed by atoms with Crippen LogP contribution < -0.4 is 4.74 Å². The van der Waals surface area contributed by atoms with Crippen LogP contribution in [0.5, 0.6) is 5.88 Å². The Morgan fingerprint density at radius 3 is 2.60 bits per heavy atom. The first kappa shape index (κ1) is 17.5. The summed E-state index contributed by atoms with van der Waals surface area (Å²) in [5, 5.41) is 0.677. The Hall–Kier alpha value is -2.35. The smallest absolute Gasteiger partial charge is 0.406 e. The van der Waals surface area contributed by atoms with Gasteiger partial charge in [-0.05, 0) is 38.2 Å². The fourth-order valence-electron chi connectivity index (χ4n) is 2.93. The summed E-state index contributed by atoms with van der Waals surface area (Å²) >= 11 is 0. The van der Waals surface area contributed by atoms with Crippen LogP contribution in [0.15, 0.2) is 24.5 Å². The van der Waals surface area contributed by atoms with Gasteiger partial charge in [0.05, 0.1) is 12.6 Å². The van der Waals surface area contributed by atoms with Crippen molar-refractivity contribution in [2.45, 2.75) is 19.1 Å². The molecule has 2 heterocycles. The second kappa shape index (κ2) is 6.51. The van der Waals surface area contributed by atoms with E-state index in [1.807, 2.05) is 26.2 Å². The van der Waals surface area contributed by atoms with Crippen LogP contribution in [0.4, 0.5) is 13.2 Å². The molecule has 0 radical (unpaired) electrons. The third kappa shape index (κ3) is 3.53. The number of nitrogens with zero attached hydrogens (tertiary/aromatic N) is 4. The molecule has 2 aromatic heterocycles. The lowest BCUT2D eigenvalue weighted by molar-refractivity contribution is -0.139. The first-order chi connectivity index (χ1) is 11.8. The highest BCUT2D eigenvalue weighted by Crippen LogP contribution is 2.34. The highest BCUT2D eigenvalue weighted by atomic mass is 19.4. The number of hydrogen-bond acceptors (Lipinski definition) is 4. The van der Waals surface area contributed by atoms with Crippen molar-refractivity contribution < 1.29 is 17.9 Å². The van der Waals surface area contributed by atoms with E-state index >= 15 is 0 Å². The summed E-state index contributed by atoms with van der Waals surface area (Å²) in [7, 11) is 5.34. The van der Waals surface area contributed by atoms with Crippen LogP contribution in [0, 0.1) is 0 Å². The molecule has 0 fully saturated rings. The normalized spacial score (nSPS) is 12.4. The molecular formula is C17H19F3N4O. The van der Waals surface area contributed by atoms with Gasteiger partial charge in [-0.1, -0.05) is 6.07 Å². The van der Waals surface area contributed by atoms with Crippen molar-refractivity contribution in [3.05, 3.63) is 30.1 Å². The molecule has 3 rings (SSSR count). The number of fused-ring (bicyclic) bond motifs is 3. The minimum atomic E-state index is -4.36. The second-order valence-electron chi connectivity index (χ2n) is 6.19. The summed E-state index contributed by atoms with van der Waals surface area (Å²) in [6, 6.07) is 5.48. The zero-order valence-corrected chi connectivity index (χ0v) is 14.3. The van der Waals surface area contributed by atoms with Crippen molar-refractivity contribution in [1.29, 1.82) is 0 Å². The molecular weight excluding hydrogens is 333 g/mol. The fraction of sp³-hybridized carbons (Fsp3) is 0.412. The zero-order chi connectivity index (χ0) is 18.2. The van der Waals surface area contributed by atoms with E-state index in [1.165, 1.54) is 18.0 Å². The zero-order valence-electron chi connectivity index (χ0n) is 14.3. The van der Waals surface area contributed by atoms with E-state index < -0.39 is 12.7 Å². The second-order valence-corrected chi connectivity index (χ2v) is 6.19. The van der Waals surface area contributed by atoms with E-state index in [0.717, 1.165) is 18.5 Å². The van der Waals surface area contributed by atoms with E-state index in [9.17, 15) is 13.2 Å². The standard InChI is InChI=1S/C17H19F3N4O/c1-23(2)7-6-11-4-5-13-12(8-11)14-15(16(25-3)22-10-21-14)24(13)9-17(18,19)20/h4-5,8,10H,6-7,9H2,1-3H3. The van der Waals surface area contributed by atoms with Crippen molar-refractivity contribution in [2.24, 2.45) is 0 Å². The topological polar surface area (TPSA) is 43.2 Å². The van der Waals surface area contributed by atoms with Crippen molar-refractivity contribution in [1.82, 2.24) is 19.4 Å². The molecule has 1 aromatic carbocycles. The van der Waals surface area contributed by atoms with Gasteiger partial charge >= 0.3 is 6.18 Å². The van der Waals surface area contributed by atoms with Crippen molar-refractivity contribution >= 4 is 21.9 Å². The van der Waals surface area contributed by atoms with Crippen LogP contribution in [0.3, 0.4) is 0 Å². The van der Waals surface area contributed by atoms with Gasteiger partial charge in [-0.25, -0.2) is 4.98 Å². The van der Waals surface area contributed by atoms with E-state index in [0.29, 0.717) is 16.4 Å². The Morgan fingerprint density at radius 2 is 1.96 bits per heavy atom. The number of rotatable bonds is 5. The van der Waals surface area contributed by atoms with Gasteiger partial charge < -0.3 is 14.2 Å². The van der Waals surface area contributed by atoms with E-state index in [2.05, 4.69) is 14.9 Å². The number of ether oxygens (including phenoxy) is 1. The van der Waals surface area contributed by atoms with Gasteiger partial charge in [-0.2, -0.15) is 18.2 Å². The molecule has 8 heteroatoms. The maximum atomic E-state index is 13.1. The summed E-state index contributed by atoms with van der Waals surface area (Å²) < 4.78 is 45.6. The largest absolute Gasteiger partial charge is 0.479 e. The highest BCUT2D eigenvalue weighted by Gasteiger charge is 2.31. The monoisotopic (exact) mass is 352 g/mol. The minimum Gasteiger partial charge on any atom is -0.479 e. The number of halogens is 3. The molecule has 5 nitrogen and oxygen atoms in total. The molecule has 0 atom stereocenters. The van der Waals surface area contributed by atoms with Crippen molar-refractivity contribution in [3.63, 3.8) is 0 Å². The molecule has 0 N–H and O–H groups in total. The maximum Gasteiger partial charge on any atom is 0.406 e. The third-order valence-electron chi connectivity index (χ3n) is 4.04. The lowest BCUT2D eigenvalue weighted by Gasteiger charge is -2.12. The molecule has 25 heavy (non-hydrogen) atoms. The maximum absolute atomic E-state index is 13.1. The van der Waals surface area contributed by atoms with Crippen LogP contribution in [0.25, 0.3) is 21.9 Å². The van der Waals surface area contributed by atoms with Gasteiger partial charge in [-0.3, -0.25) is 0 Å². The quantitative estimate of drug-likeness (QED) is 0.707. The summed E-state index contributed by atoms with van der Waals surface area (Å²) in [6.07, 6.45) is -2.24. The van der Waals surface area contributed by atoms with Crippen LogP contribution in [-0.4, -0.2) is 53.4 Å². The SMILES string of the molecule is COc1ncnc2c3cc(CCN(C)C)ccc3n(CC(F)(F)F)c12. The molecule has 0 aliphatic rings. The molecule has 0 saturated carbocycles. The Kier molecular flexibility index (Phi) is 4.55. The number of methoxy groups -OCH3 is 1. The van der Waals surface area contributed by atoms with E-state index in [-0.39, 0.29) is 11.4 Å². The lowest BCUT2D eigenvalue weighted by Crippen LogP contribution is -2.17. The van der Waals surface area contributed by atoms with Crippen LogP contribution in [0.1, 0.15) is 5.56 Å². The number of hydrogen-bond donors (Lipinski definition) is 0. The first-order valence-corrected chi connectivity index (χ1v) is 7.81. The Bertz CT molecular complexity index is 902. The summed E-state index contributed by atoms with van der Waals surface area (Å²) in [5.74, 6) is 0.139. The number of benzene rings is 1. The van der Waals surface area contributed by atoms with E-state index in [4.69, 9.17) is 4.74 Å². The molecule has 0 amide bonds. The van der Waals surface area contributed by atoms with Crippen LogP contribution >= 0.6 is 0 Å². The summed E-state index contributed by atoms with van der Waals surface area (Å²) in [6.45, 7) is -0.265. The van der Waals surface area contributed by atoms with E-state index in [1.54, 1.807) is 6.07 Å². The molecule has 0 aliphatic heterocycles. The minimum absolute atomic E-state index is 0.139. The highest BCUT2D eigenvalue weighted by molar-refractivity contribution is 6.07. The molecule has 0 bridgehead atoms. The molecule has 3 aromatic rings. The Morgan fingerprint density at radius 1 is 1.20 bits per heavy atom. The van der Waals surface area contributed by atoms with Gasteiger partial charge in [0, 0.05) is 11.9 Å². The molecule has 0 unspecified atom stereocenters. The molecule has 0 spiro atoms. The van der Waals surface area contributed by atoms with Crippen LogP contribution in [0.2, 0.25) is 0 Å². The van der Waals surface area contributed by atoms with Gasteiger partial charge in [0.15, 0.2) is 0 Å². The average molecular weight is 352 g/mol. The van der Waals surface area contributed by atoms with Gasteiger partial charge in [0.2, 0.25) is 5.88 Å². The lowest BCUT2D eigenvalue weighted by atomic mass is 10.1. The summed E-state index contributed by atoms with van der Waals surface area (Å²) in [4.78, 5) is 10.2. The van der Waals surface area contributed by atoms with Gasteiger partial charge in [0.25, 0.3) is 0 Å². The predicted molar refractivity (Wildman–Crippen MR) is 89.9 cm³/mol. The first-order valence-electron chi connectivity index (χ1n) is 7.81. The van der Waals surface area contributed by atoms with Crippen molar-refractivity contribution in [2.75, 3.05) is 27.7 Å². The van der Waals surface area contributed by atoms with Gasteiger partial charge in [-0.15, -0.1) is 0 Å². The average Bonchev–Trinajstić information content (AvgIpc) is 2.85. The number of likely N-dealkylation sites (N-methyl/N-ethyl adjacent to an activating group) is 1. The number of alkyl halides is 3. The van der Waals surface area contributed by atoms with Crippen molar-refractivity contribution in [3.8, 4) is 5.88 Å². The van der Waals surface area contributed by atoms with Gasteiger partial charge in [0.1, 0.15) is 23.9 Å². The molecule has 134 valence electrons.